The number of carbonyl (C=O) groups is 1. The average Bonchev–Trinajstić information content (AvgIpc) is 2.69. The Balaban J connectivity index is 2.42. The lowest BCUT2D eigenvalue weighted by molar-refractivity contribution is -0.0498. The zero-order valence-corrected chi connectivity index (χ0v) is 18.6. The van der Waals surface area contributed by atoms with Crippen LogP contribution in [-0.2, 0) is 10.0 Å². The number of anilines is 1. The number of sulfonamides is 1. The molecule has 0 heterocycles. The van der Waals surface area contributed by atoms with Crippen molar-refractivity contribution < 1.29 is 31.5 Å². The minimum Gasteiger partial charge on any atom is -0.489 e. The second kappa shape index (κ2) is 10.5. The molecule has 0 saturated carbocycles. The molecular weight excluding hydrogens is 430 g/mol. The van der Waals surface area contributed by atoms with Crippen molar-refractivity contribution in [2.24, 2.45) is 0 Å². The smallest absolute Gasteiger partial charge is 0.387 e. The normalized spacial score (nSPS) is 11.8. The summed E-state index contributed by atoms with van der Waals surface area (Å²) in [7, 11) is -3.77. The fraction of sp³-hybridized carbons (Fsp3) is 0.381. The number of hydrogen-bond donors (Lipinski definition) is 1. The van der Waals surface area contributed by atoms with Gasteiger partial charge >= 0.3 is 6.61 Å². The van der Waals surface area contributed by atoms with E-state index in [1.807, 2.05) is 0 Å². The molecule has 0 bridgehead atoms. The Kier molecular flexibility index (Phi) is 8.35. The Bertz CT molecular complexity index is 1010. The molecule has 1 N–H and O–H groups in total. The molecule has 1 amide bonds. The SMILES string of the molecule is CCN(CC)S(=O)(=O)c1ccc(OC(C)C)c(NC(=O)c2cccc(OC(F)F)c2)c1. The van der Waals surface area contributed by atoms with Crippen molar-refractivity contribution >= 4 is 21.6 Å². The molecule has 0 radical (unpaired) electrons. The van der Waals surface area contributed by atoms with Crippen molar-refractivity contribution in [3.05, 3.63) is 48.0 Å². The van der Waals surface area contributed by atoms with Crippen LogP contribution in [0.25, 0.3) is 0 Å². The quantitative estimate of drug-likeness (QED) is 0.574. The standard InChI is InChI=1S/C21H26F2N2O5S/c1-5-25(6-2)31(27,28)17-10-11-19(29-14(3)4)18(13-17)24-20(26)15-8-7-9-16(12-15)30-21(22)23/h7-14,21H,5-6H2,1-4H3,(H,24,26). The number of carbonyl (C=O) groups excluding carboxylic acids is 1. The van der Waals surface area contributed by atoms with E-state index in [4.69, 9.17) is 4.74 Å². The molecule has 0 aromatic heterocycles. The average molecular weight is 457 g/mol. The van der Waals surface area contributed by atoms with Crippen LogP contribution in [0.2, 0.25) is 0 Å². The number of alkyl halides is 2. The lowest BCUT2D eigenvalue weighted by Gasteiger charge is -2.20. The van der Waals surface area contributed by atoms with Gasteiger partial charge in [0.2, 0.25) is 10.0 Å². The van der Waals surface area contributed by atoms with Crippen LogP contribution in [0.4, 0.5) is 14.5 Å². The molecule has 2 rings (SSSR count). The van der Waals surface area contributed by atoms with Crippen LogP contribution in [0.3, 0.4) is 0 Å². The minimum absolute atomic E-state index is 0.00242. The van der Waals surface area contributed by atoms with Crippen LogP contribution in [0, 0.1) is 0 Å². The molecule has 0 atom stereocenters. The molecule has 0 spiro atoms. The molecule has 0 saturated heterocycles. The van der Waals surface area contributed by atoms with Crippen LogP contribution < -0.4 is 14.8 Å². The third kappa shape index (κ3) is 6.38. The highest BCUT2D eigenvalue weighted by Gasteiger charge is 2.24. The minimum atomic E-state index is -3.77. The van der Waals surface area contributed by atoms with Crippen LogP contribution in [0.15, 0.2) is 47.4 Å². The zero-order chi connectivity index (χ0) is 23.2. The van der Waals surface area contributed by atoms with E-state index in [0.29, 0.717) is 13.1 Å². The molecule has 2 aromatic carbocycles. The first kappa shape index (κ1) is 24.5. The Morgan fingerprint density at radius 3 is 2.32 bits per heavy atom. The Morgan fingerprint density at radius 2 is 1.74 bits per heavy atom. The van der Waals surface area contributed by atoms with Gasteiger partial charge in [-0.2, -0.15) is 13.1 Å². The lowest BCUT2D eigenvalue weighted by Crippen LogP contribution is -2.30. The van der Waals surface area contributed by atoms with Crippen LogP contribution in [0.5, 0.6) is 11.5 Å². The van der Waals surface area contributed by atoms with Crippen molar-refractivity contribution in [1.29, 1.82) is 0 Å². The van der Waals surface area contributed by atoms with Crippen molar-refractivity contribution in [2.45, 2.75) is 45.3 Å². The maximum Gasteiger partial charge on any atom is 0.387 e. The number of amides is 1. The molecule has 170 valence electrons. The highest BCUT2D eigenvalue weighted by atomic mass is 32.2. The molecule has 31 heavy (non-hydrogen) atoms. The summed E-state index contributed by atoms with van der Waals surface area (Å²) in [5, 5.41) is 2.61. The summed E-state index contributed by atoms with van der Waals surface area (Å²) in [6, 6.07) is 9.50. The van der Waals surface area contributed by atoms with E-state index in [1.54, 1.807) is 27.7 Å². The molecule has 0 aliphatic rings. The number of halogens is 2. The second-order valence-electron chi connectivity index (χ2n) is 6.77. The van der Waals surface area contributed by atoms with Gasteiger partial charge in [0.05, 0.1) is 16.7 Å². The summed E-state index contributed by atoms with van der Waals surface area (Å²) in [6.45, 7) is 4.60. The van der Waals surface area contributed by atoms with Gasteiger partial charge in [-0.1, -0.05) is 19.9 Å². The van der Waals surface area contributed by atoms with Crippen molar-refractivity contribution in [3.63, 3.8) is 0 Å². The number of nitrogens with zero attached hydrogens (tertiary/aromatic N) is 1. The van der Waals surface area contributed by atoms with Crippen LogP contribution >= 0.6 is 0 Å². The first-order valence-corrected chi connectivity index (χ1v) is 11.2. The fourth-order valence-corrected chi connectivity index (χ4v) is 4.33. The summed E-state index contributed by atoms with van der Waals surface area (Å²) < 4.78 is 62.0. The zero-order valence-electron chi connectivity index (χ0n) is 17.8. The molecule has 10 heteroatoms. The van der Waals surface area contributed by atoms with E-state index in [2.05, 4.69) is 10.1 Å². The van der Waals surface area contributed by atoms with E-state index >= 15 is 0 Å². The van der Waals surface area contributed by atoms with E-state index in [0.717, 1.165) is 0 Å². The predicted molar refractivity (Wildman–Crippen MR) is 113 cm³/mol. The lowest BCUT2D eigenvalue weighted by atomic mass is 10.2. The van der Waals surface area contributed by atoms with Gasteiger partial charge in [-0.25, -0.2) is 8.42 Å². The van der Waals surface area contributed by atoms with Gasteiger partial charge in [-0.05, 0) is 50.2 Å². The molecule has 0 fully saturated rings. The number of ether oxygens (including phenoxy) is 2. The highest BCUT2D eigenvalue weighted by Crippen LogP contribution is 2.31. The number of benzene rings is 2. The molecule has 7 nitrogen and oxygen atoms in total. The maximum absolute atomic E-state index is 12.9. The Labute approximate surface area is 181 Å². The van der Waals surface area contributed by atoms with E-state index in [-0.39, 0.29) is 33.7 Å². The topological polar surface area (TPSA) is 84.9 Å². The number of nitrogens with one attached hydrogen (secondary N) is 1. The maximum atomic E-state index is 12.9. The Morgan fingerprint density at radius 1 is 1.06 bits per heavy atom. The second-order valence-corrected chi connectivity index (χ2v) is 8.71. The van der Waals surface area contributed by atoms with Gasteiger partial charge in [0.15, 0.2) is 0 Å². The summed E-state index contributed by atoms with van der Waals surface area (Å²) in [5.41, 5.74) is 0.206. The van der Waals surface area contributed by atoms with Crippen molar-refractivity contribution in [3.8, 4) is 11.5 Å². The van der Waals surface area contributed by atoms with Gasteiger partial charge in [0.1, 0.15) is 11.5 Å². The molecule has 2 aromatic rings. The van der Waals surface area contributed by atoms with Crippen LogP contribution in [-0.4, -0.2) is 44.4 Å². The fourth-order valence-electron chi connectivity index (χ4n) is 2.84. The highest BCUT2D eigenvalue weighted by molar-refractivity contribution is 7.89. The van der Waals surface area contributed by atoms with E-state index in [1.165, 1.54) is 46.8 Å². The monoisotopic (exact) mass is 456 g/mol. The third-order valence-electron chi connectivity index (χ3n) is 4.23. The number of rotatable bonds is 10. The summed E-state index contributed by atoms with van der Waals surface area (Å²) >= 11 is 0. The van der Waals surface area contributed by atoms with Gasteiger partial charge < -0.3 is 14.8 Å². The van der Waals surface area contributed by atoms with Gasteiger partial charge in [0, 0.05) is 18.7 Å². The molecule has 0 aliphatic heterocycles. The predicted octanol–water partition coefficient (Wildman–Crippen LogP) is 4.36. The number of hydrogen-bond acceptors (Lipinski definition) is 5. The van der Waals surface area contributed by atoms with Gasteiger partial charge in [-0.15, -0.1) is 0 Å². The van der Waals surface area contributed by atoms with Gasteiger partial charge in [0.25, 0.3) is 5.91 Å². The van der Waals surface area contributed by atoms with Crippen molar-refractivity contribution in [2.75, 3.05) is 18.4 Å². The largest absolute Gasteiger partial charge is 0.489 e. The van der Waals surface area contributed by atoms with E-state index in [9.17, 15) is 22.0 Å². The molecule has 0 aliphatic carbocycles. The molecule has 0 unspecified atom stereocenters. The van der Waals surface area contributed by atoms with Crippen LogP contribution in [0.1, 0.15) is 38.1 Å². The first-order chi connectivity index (χ1) is 14.6. The first-order valence-electron chi connectivity index (χ1n) is 9.75. The van der Waals surface area contributed by atoms with E-state index < -0.39 is 22.5 Å². The Hall–Kier alpha value is -2.72. The third-order valence-corrected chi connectivity index (χ3v) is 6.27. The summed E-state index contributed by atoms with van der Waals surface area (Å²) in [6.07, 6.45) is -0.233. The van der Waals surface area contributed by atoms with Crippen molar-refractivity contribution in [1.82, 2.24) is 4.31 Å². The summed E-state index contributed by atoms with van der Waals surface area (Å²) in [5.74, 6) is -0.522. The van der Waals surface area contributed by atoms with Gasteiger partial charge in [-0.3, -0.25) is 4.79 Å². The summed E-state index contributed by atoms with van der Waals surface area (Å²) in [4.78, 5) is 12.7. The molecular formula is C21H26F2N2O5S.